The first-order valence-corrected chi connectivity index (χ1v) is 8.95. The third-order valence-corrected chi connectivity index (χ3v) is 5.21. The fourth-order valence-electron chi connectivity index (χ4n) is 1.64. The summed E-state index contributed by atoms with van der Waals surface area (Å²) in [4.78, 5) is 33.9. The van der Waals surface area contributed by atoms with Gasteiger partial charge >= 0.3 is 5.97 Å². The minimum absolute atomic E-state index is 0.0136. The zero-order valence-electron chi connectivity index (χ0n) is 13.4. The van der Waals surface area contributed by atoms with Gasteiger partial charge < -0.3 is 15.7 Å². The summed E-state index contributed by atoms with van der Waals surface area (Å²) in [5, 5.41) is 12.8. The van der Waals surface area contributed by atoms with Gasteiger partial charge in [-0.05, 0) is 38.1 Å². The standard InChI is InChI=1S/C15H20N2O6S/c1-10(2)24(22,23)9-13(18)17-12-5-3-11(4-6-12)15(21)16-8-7-14(19)20/h3-6,10H,7-9H2,1-2H3,(H,16,21)(H,17,18)(H,19,20). The van der Waals surface area contributed by atoms with Crippen LogP contribution in [0.5, 0.6) is 0 Å². The SMILES string of the molecule is CC(C)S(=O)(=O)CC(=O)Nc1ccc(C(=O)NCCC(=O)O)cc1. The summed E-state index contributed by atoms with van der Waals surface area (Å²) < 4.78 is 23.3. The fraction of sp³-hybridized carbons (Fsp3) is 0.400. The predicted octanol–water partition coefficient (Wildman–Crippen LogP) is 0.653. The van der Waals surface area contributed by atoms with Crippen molar-refractivity contribution in [1.29, 1.82) is 0 Å². The molecule has 0 radical (unpaired) electrons. The third-order valence-electron chi connectivity index (χ3n) is 3.11. The first kappa shape index (κ1) is 19.6. The second-order valence-corrected chi connectivity index (χ2v) is 7.94. The topological polar surface area (TPSA) is 130 Å². The van der Waals surface area contributed by atoms with E-state index in [-0.39, 0.29) is 13.0 Å². The second kappa shape index (κ2) is 8.44. The van der Waals surface area contributed by atoms with Crippen molar-refractivity contribution in [3.8, 4) is 0 Å². The Labute approximate surface area is 140 Å². The highest BCUT2D eigenvalue weighted by molar-refractivity contribution is 7.92. The van der Waals surface area contributed by atoms with E-state index < -0.39 is 38.6 Å². The monoisotopic (exact) mass is 356 g/mol. The van der Waals surface area contributed by atoms with E-state index in [1.165, 1.54) is 38.1 Å². The maximum absolute atomic E-state index is 11.8. The number of amides is 2. The van der Waals surface area contributed by atoms with Crippen molar-refractivity contribution in [3.05, 3.63) is 29.8 Å². The Morgan fingerprint density at radius 3 is 2.21 bits per heavy atom. The van der Waals surface area contributed by atoms with Gasteiger partial charge in [0.25, 0.3) is 5.91 Å². The van der Waals surface area contributed by atoms with E-state index in [0.29, 0.717) is 11.3 Å². The molecule has 0 saturated carbocycles. The van der Waals surface area contributed by atoms with Gasteiger partial charge in [-0.2, -0.15) is 0 Å². The van der Waals surface area contributed by atoms with Crippen LogP contribution < -0.4 is 10.6 Å². The van der Waals surface area contributed by atoms with Crippen LogP contribution in [-0.4, -0.2) is 48.9 Å². The lowest BCUT2D eigenvalue weighted by Crippen LogP contribution is -2.28. The number of carbonyl (C=O) groups excluding carboxylic acids is 2. The van der Waals surface area contributed by atoms with Gasteiger partial charge in [0, 0.05) is 17.8 Å². The fourth-order valence-corrected chi connectivity index (χ4v) is 2.41. The molecule has 0 saturated heterocycles. The Morgan fingerprint density at radius 1 is 1.12 bits per heavy atom. The van der Waals surface area contributed by atoms with Crippen LogP contribution in [0, 0.1) is 0 Å². The van der Waals surface area contributed by atoms with E-state index >= 15 is 0 Å². The number of rotatable bonds is 8. The van der Waals surface area contributed by atoms with Crippen LogP contribution in [0.15, 0.2) is 24.3 Å². The zero-order valence-corrected chi connectivity index (χ0v) is 14.2. The summed E-state index contributed by atoms with van der Waals surface area (Å²) in [6.45, 7) is 3.01. The predicted molar refractivity (Wildman–Crippen MR) is 88.6 cm³/mol. The summed E-state index contributed by atoms with van der Waals surface area (Å²) in [6.07, 6.45) is -0.176. The van der Waals surface area contributed by atoms with Gasteiger partial charge in [0.2, 0.25) is 5.91 Å². The molecule has 1 aromatic rings. The van der Waals surface area contributed by atoms with Gasteiger partial charge in [-0.25, -0.2) is 8.42 Å². The Morgan fingerprint density at radius 2 is 1.71 bits per heavy atom. The van der Waals surface area contributed by atoms with Gasteiger partial charge in [-0.15, -0.1) is 0 Å². The Balaban J connectivity index is 2.60. The summed E-state index contributed by atoms with van der Waals surface area (Å²) in [5.41, 5.74) is 0.661. The number of benzene rings is 1. The molecule has 0 fully saturated rings. The molecule has 0 aliphatic rings. The number of carbonyl (C=O) groups is 3. The van der Waals surface area contributed by atoms with E-state index in [1.807, 2.05) is 0 Å². The highest BCUT2D eigenvalue weighted by Crippen LogP contribution is 2.10. The normalized spacial score (nSPS) is 11.1. The minimum Gasteiger partial charge on any atom is -0.481 e. The summed E-state index contributed by atoms with van der Waals surface area (Å²) in [5.74, 6) is -2.70. The molecular formula is C15H20N2O6S. The molecule has 8 nitrogen and oxygen atoms in total. The Bertz CT molecular complexity index is 710. The van der Waals surface area contributed by atoms with Crippen molar-refractivity contribution in [3.63, 3.8) is 0 Å². The molecule has 9 heteroatoms. The molecule has 132 valence electrons. The quantitative estimate of drug-likeness (QED) is 0.627. The molecular weight excluding hydrogens is 336 g/mol. The van der Waals surface area contributed by atoms with Crippen molar-refractivity contribution in [2.75, 3.05) is 17.6 Å². The number of hydrogen-bond acceptors (Lipinski definition) is 5. The average molecular weight is 356 g/mol. The van der Waals surface area contributed by atoms with E-state index in [4.69, 9.17) is 5.11 Å². The van der Waals surface area contributed by atoms with Gasteiger partial charge in [-0.3, -0.25) is 14.4 Å². The number of carboxylic acids is 1. The minimum atomic E-state index is -3.48. The second-order valence-electron chi connectivity index (χ2n) is 5.38. The summed E-state index contributed by atoms with van der Waals surface area (Å²) in [7, 11) is -3.48. The van der Waals surface area contributed by atoms with Gasteiger partial charge in [-0.1, -0.05) is 0 Å². The number of nitrogens with one attached hydrogen (secondary N) is 2. The molecule has 0 unspecified atom stereocenters. The number of anilines is 1. The highest BCUT2D eigenvalue weighted by Gasteiger charge is 2.20. The number of aliphatic carboxylic acids is 1. The molecule has 2 amide bonds. The van der Waals surface area contributed by atoms with Gasteiger partial charge in [0.1, 0.15) is 5.75 Å². The maximum atomic E-state index is 11.8. The number of carboxylic acid groups (broad SMARTS) is 1. The van der Waals surface area contributed by atoms with Crippen LogP contribution in [-0.2, 0) is 19.4 Å². The van der Waals surface area contributed by atoms with E-state index in [2.05, 4.69) is 10.6 Å². The molecule has 0 spiro atoms. The lowest BCUT2D eigenvalue weighted by Gasteiger charge is -2.09. The van der Waals surface area contributed by atoms with Crippen molar-refractivity contribution in [2.45, 2.75) is 25.5 Å². The molecule has 24 heavy (non-hydrogen) atoms. The van der Waals surface area contributed by atoms with Crippen LogP contribution in [0.25, 0.3) is 0 Å². The molecule has 3 N–H and O–H groups in total. The molecule has 0 atom stereocenters. The maximum Gasteiger partial charge on any atom is 0.305 e. The summed E-state index contributed by atoms with van der Waals surface area (Å²) in [6, 6.07) is 5.82. The Kier molecular flexibility index (Phi) is 6.90. The largest absolute Gasteiger partial charge is 0.481 e. The van der Waals surface area contributed by atoms with Crippen molar-refractivity contribution < 1.29 is 27.9 Å². The van der Waals surface area contributed by atoms with Crippen molar-refractivity contribution >= 4 is 33.3 Å². The average Bonchev–Trinajstić information content (AvgIpc) is 2.46. The van der Waals surface area contributed by atoms with Crippen LogP contribution in [0.4, 0.5) is 5.69 Å². The molecule has 1 aromatic carbocycles. The molecule has 0 aromatic heterocycles. The summed E-state index contributed by atoms with van der Waals surface area (Å²) >= 11 is 0. The smallest absolute Gasteiger partial charge is 0.305 e. The molecule has 0 heterocycles. The molecule has 1 rings (SSSR count). The molecule has 0 aliphatic heterocycles. The van der Waals surface area contributed by atoms with Crippen LogP contribution in [0.1, 0.15) is 30.6 Å². The molecule has 0 aliphatic carbocycles. The van der Waals surface area contributed by atoms with E-state index in [0.717, 1.165) is 0 Å². The van der Waals surface area contributed by atoms with Crippen LogP contribution in [0.3, 0.4) is 0 Å². The van der Waals surface area contributed by atoms with Crippen LogP contribution in [0.2, 0.25) is 0 Å². The van der Waals surface area contributed by atoms with Crippen molar-refractivity contribution in [2.24, 2.45) is 0 Å². The van der Waals surface area contributed by atoms with E-state index in [1.54, 1.807) is 0 Å². The first-order valence-electron chi connectivity index (χ1n) is 7.23. The van der Waals surface area contributed by atoms with Crippen LogP contribution >= 0.6 is 0 Å². The Hall–Kier alpha value is -2.42. The highest BCUT2D eigenvalue weighted by atomic mass is 32.2. The number of hydrogen-bond donors (Lipinski definition) is 3. The molecule has 0 bridgehead atoms. The van der Waals surface area contributed by atoms with E-state index in [9.17, 15) is 22.8 Å². The van der Waals surface area contributed by atoms with Crippen molar-refractivity contribution in [1.82, 2.24) is 5.32 Å². The zero-order chi connectivity index (χ0) is 18.3. The lowest BCUT2D eigenvalue weighted by atomic mass is 10.2. The van der Waals surface area contributed by atoms with Gasteiger partial charge in [0.05, 0.1) is 11.7 Å². The first-order chi connectivity index (χ1) is 11.1. The lowest BCUT2D eigenvalue weighted by molar-refractivity contribution is -0.136. The third kappa shape index (κ3) is 6.37. The van der Waals surface area contributed by atoms with Gasteiger partial charge in [0.15, 0.2) is 9.84 Å². The number of sulfone groups is 1.